The first-order chi connectivity index (χ1) is 17.1. The highest BCUT2D eigenvalue weighted by molar-refractivity contribution is 5.87. The number of fused-ring (bicyclic) bond motifs is 2. The maximum Gasteiger partial charge on any atom is 0.226 e. The lowest BCUT2D eigenvalue weighted by molar-refractivity contribution is 0.478. The summed E-state index contributed by atoms with van der Waals surface area (Å²) < 4.78 is 7.78. The first-order valence-corrected chi connectivity index (χ1v) is 11.4. The van der Waals surface area contributed by atoms with E-state index in [-0.39, 0.29) is 0 Å². The molecular weight excluding hydrogens is 444 g/mol. The van der Waals surface area contributed by atoms with E-state index in [4.69, 9.17) is 9.72 Å². The van der Waals surface area contributed by atoms with Crippen LogP contribution in [0.1, 0.15) is 12.5 Å². The number of aryl methyl sites for hydroxylation is 1. The third-order valence-corrected chi connectivity index (χ3v) is 5.93. The highest BCUT2D eigenvalue weighted by Crippen LogP contribution is 2.30. The molecule has 1 aliphatic rings. The largest absolute Gasteiger partial charge is 0.457 e. The number of ether oxygens (including phenoxy) is 1. The van der Waals surface area contributed by atoms with Crippen LogP contribution in [0.2, 0.25) is 0 Å². The fourth-order valence-electron chi connectivity index (χ4n) is 4.17. The van der Waals surface area contributed by atoms with Gasteiger partial charge in [0.1, 0.15) is 35.2 Å². The molecule has 0 spiro atoms. The molecule has 2 N–H and O–H groups in total. The van der Waals surface area contributed by atoms with E-state index in [9.17, 15) is 0 Å². The van der Waals surface area contributed by atoms with Crippen LogP contribution in [0.4, 0.5) is 17.5 Å². The first-order valence-electron chi connectivity index (χ1n) is 11.4. The second kappa shape index (κ2) is 8.76. The smallest absolute Gasteiger partial charge is 0.226 e. The molecule has 1 atom stereocenters. The molecule has 1 aromatic carbocycles. The maximum absolute atomic E-state index is 6.09. The van der Waals surface area contributed by atoms with E-state index in [1.165, 1.54) is 12.7 Å². The molecule has 0 radical (unpaired) electrons. The molecule has 1 saturated heterocycles. The van der Waals surface area contributed by atoms with Crippen LogP contribution in [0.3, 0.4) is 0 Å². The number of rotatable bonds is 5. The second-order valence-corrected chi connectivity index (χ2v) is 8.56. The van der Waals surface area contributed by atoms with E-state index in [1.54, 1.807) is 10.7 Å². The monoisotopic (exact) mass is 468 g/mol. The van der Waals surface area contributed by atoms with Crippen molar-refractivity contribution in [1.82, 2.24) is 39.9 Å². The van der Waals surface area contributed by atoms with E-state index in [0.717, 1.165) is 42.3 Å². The van der Waals surface area contributed by atoms with Crippen LogP contribution in [0.15, 0.2) is 55.4 Å². The lowest BCUT2D eigenvalue weighted by Gasteiger charge is -2.31. The van der Waals surface area contributed by atoms with Gasteiger partial charge in [-0.2, -0.15) is 5.10 Å². The molecule has 4 aromatic heterocycles. The van der Waals surface area contributed by atoms with Crippen molar-refractivity contribution in [3.63, 3.8) is 0 Å². The summed E-state index contributed by atoms with van der Waals surface area (Å²) in [6, 6.07) is 9.98. The molecule has 35 heavy (non-hydrogen) atoms. The molecule has 5 aromatic rings. The maximum atomic E-state index is 6.09. The number of anilines is 3. The highest BCUT2D eigenvalue weighted by Gasteiger charge is 2.19. The highest BCUT2D eigenvalue weighted by atomic mass is 16.5. The minimum atomic E-state index is 0.384. The molecule has 11 heteroatoms. The van der Waals surface area contributed by atoms with Gasteiger partial charge < -0.3 is 20.3 Å². The van der Waals surface area contributed by atoms with Gasteiger partial charge in [-0.1, -0.05) is 0 Å². The molecule has 6 rings (SSSR count). The van der Waals surface area contributed by atoms with Crippen molar-refractivity contribution in [3.8, 4) is 11.5 Å². The topological polar surface area (TPSA) is 118 Å². The number of hydrogen-bond donors (Lipinski definition) is 2. The van der Waals surface area contributed by atoms with Gasteiger partial charge in [-0.05, 0) is 43.7 Å². The first kappa shape index (κ1) is 21.2. The Labute approximate surface area is 201 Å². The van der Waals surface area contributed by atoms with Crippen LogP contribution in [0.25, 0.3) is 16.7 Å². The Hall–Kier alpha value is -4.38. The molecular formula is C24H24N10O. The Kier molecular flexibility index (Phi) is 5.30. The van der Waals surface area contributed by atoms with Gasteiger partial charge in [0.25, 0.3) is 0 Å². The van der Waals surface area contributed by atoms with E-state index >= 15 is 0 Å². The van der Waals surface area contributed by atoms with Crippen molar-refractivity contribution in [2.75, 3.05) is 29.9 Å². The van der Waals surface area contributed by atoms with Crippen molar-refractivity contribution in [2.45, 2.75) is 19.9 Å². The van der Waals surface area contributed by atoms with Crippen LogP contribution in [-0.2, 0) is 0 Å². The van der Waals surface area contributed by atoms with Crippen molar-refractivity contribution in [3.05, 3.63) is 60.9 Å². The SMILES string of the molecule is Cc1cc(Nc2ncnc3cnc(N4CCN[C@H](C)C4)nc23)ccc1Oc1ccn2ncnc2c1. The summed E-state index contributed by atoms with van der Waals surface area (Å²) in [4.78, 5) is 24.5. The van der Waals surface area contributed by atoms with Gasteiger partial charge in [0.2, 0.25) is 5.95 Å². The molecule has 1 aliphatic heterocycles. The van der Waals surface area contributed by atoms with Gasteiger partial charge in [0.15, 0.2) is 11.5 Å². The molecule has 5 heterocycles. The summed E-state index contributed by atoms with van der Waals surface area (Å²) in [5.74, 6) is 2.77. The van der Waals surface area contributed by atoms with Gasteiger partial charge in [0.05, 0.1) is 6.20 Å². The van der Waals surface area contributed by atoms with Gasteiger partial charge in [-0.15, -0.1) is 0 Å². The summed E-state index contributed by atoms with van der Waals surface area (Å²) in [6.45, 7) is 6.77. The number of nitrogens with one attached hydrogen (secondary N) is 2. The summed E-state index contributed by atoms with van der Waals surface area (Å²) in [5, 5.41) is 10.9. The zero-order valence-corrected chi connectivity index (χ0v) is 19.4. The molecule has 0 amide bonds. The second-order valence-electron chi connectivity index (χ2n) is 8.56. The lowest BCUT2D eigenvalue weighted by atomic mass is 10.2. The Balaban J connectivity index is 1.25. The van der Waals surface area contributed by atoms with Crippen molar-refractivity contribution >= 4 is 34.1 Å². The van der Waals surface area contributed by atoms with E-state index in [2.05, 4.69) is 47.5 Å². The molecule has 0 aliphatic carbocycles. The minimum Gasteiger partial charge on any atom is -0.457 e. The average molecular weight is 469 g/mol. The van der Waals surface area contributed by atoms with Gasteiger partial charge in [-0.3, -0.25) is 0 Å². The number of nitrogens with zero attached hydrogens (tertiary/aromatic N) is 8. The third-order valence-electron chi connectivity index (χ3n) is 5.93. The van der Waals surface area contributed by atoms with Crippen LogP contribution >= 0.6 is 0 Å². The molecule has 0 saturated carbocycles. The van der Waals surface area contributed by atoms with E-state index in [0.29, 0.717) is 34.6 Å². The summed E-state index contributed by atoms with van der Waals surface area (Å²) in [6.07, 6.45) is 6.61. The summed E-state index contributed by atoms with van der Waals surface area (Å²) >= 11 is 0. The average Bonchev–Trinajstić information content (AvgIpc) is 3.34. The number of benzene rings is 1. The van der Waals surface area contributed by atoms with Gasteiger partial charge >= 0.3 is 0 Å². The van der Waals surface area contributed by atoms with Crippen molar-refractivity contribution in [2.24, 2.45) is 0 Å². The fourth-order valence-corrected chi connectivity index (χ4v) is 4.17. The molecule has 1 fully saturated rings. The predicted molar refractivity (Wildman–Crippen MR) is 132 cm³/mol. The van der Waals surface area contributed by atoms with E-state index < -0.39 is 0 Å². The van der Waals surface area contributed by atoms with Gasteiger partial charge in [0, 0.05) is 43.6 Å². The summed E-state index contributed by atoms with van der Waals surface area (Å²) in [5.41, 5.74) is 3.95. The number of aromatic nitrogens is 7. The zero-order chi connectivity index (χ0) is 23.8. The van der Waals surface area contributed by atoms with Crippen molar-refractivity contribution < 1.29 is 4.74 Å². The predicted octanol–water partition coefficient (Wildman–Crippen LogP) is 3.10. The van der Waals surface area contributed by atoms with Crippen LogP contribution in [-0.4, -0.2) is 60.2 Å². The standard InChI is InChI=1S/C24H24N10O/c1-15-9-17(3-4-20(15)35-18-5-7-34-21(10-18)28-14-30-34)31-23-22-19(27-13-29-23)11-26-24(32-22)33-8-6-25-16(2)12-33/h3-5,7,9-11,13-14,16,25H,6,8,12H2,1-2H3,(H,27,29,31)/t16-/m1/s1. The number of piperazine rings is 1. The molecule has 11 nitrogen and oxygen atoms in total. The Bertz CT molecular complexity index is 1520. The quantitative estimate of drug-likeness (QED) is 0.398. The Morgan fingerprint density at radius 1 is 1.09 bits per heavy atom. The minimum absolute atomic E-state index is 0.384. The lowest BCUT2D eigenvalue weighted by Crippen LogP contribution is -2.49. The third kappa shape index (κ3) is 4.28. The Morgan fingerprint density at radius 3 is 2.91 bits per heavy atom. The Morgan fingerprint density at radius 2 is 2.03 bits per heavy atom. The van der Waals surface area contributed by atoms with Crippen molar-refractivity contribution in [1.29, 1.82) is 0 Å². The zero-order valence-electron chi connectivity index (χ0n) is 19.4. The van der Waals surface area contributed by atoms with Crippen LogP contribution < -0.4 is 20.3 Å². The number of hydrogen-bond acceptors (Lipinski definition) is 10. The summed E-state index contributed by atoms with van der Waals surface area (Å²) in [7, 11) is 0. The molecule has 0 bridgehead atoms. The number of pyridine rings is 1. The van der Waals surface area contributed by atoms with Gasteiger partial charge in [-0.25, -0.2) is 29.4 Å². The van der Waals surface area contributed by atoms with Crippen LogP contribution in [0.5, 0.6) is 11.5 Å². The molecule has 0 unspecified atom stereocenters. The fraction of sp³-hybridized carbons (Fsp3) is 0.250. The normalized spacial score (nSPS) is 16.1. The van der Waals surface area contributed by atoms with Crippen LogP contribution in [0, 0.1) is 6.92 Å². The van der Waals surface area contributed by atoms with E-state index in [1.807, 2.05) is 43.5 Å². The molecule has 176 valence electrons.